The van der Waals surface area contributed by atoms with Crippen LogP contribution in [0.4, 0.5) is 5.82 Å². The number of amides is 1. The lowest BCUT2D eigenvalue weighted by molar-refractivity contribution is 0.0690. The molecule has 0 bridgehead atoms. The van der Waals surface area contributed by atoms with Crippen LogP contribution in [0.5, 0.6) is 0 Å². The number of hydrogen-bond acceptors (Lipinski definition) is 3. The highest BCUT2D eigenvalue weighted by molar-refractivity contribution is 5.94. The highest BCUT2D eigenvalue weighted by Gasteiger charge is 2.24. The lowest BCUT2D eigenvalue weighted by Crippen LogP contribution is -2.39. The number of nitrogens with zero attached hydrogens (tertiary/aromatic N) is 3. The second kappa shape index (κ2) is 9.22. The molecule has 1 amide bonds. The van der Waals surface area contributed by atoms with Gasteiger partial charge in [0.05, 0.1) is 0 Å². The minimum absolute atomic E-state index is 0.164. The molecule has 1 aromatic carbocycles. The van der Waals surface area contributed by atoms with E-state index in [1.807, 2.05) is 17.0 Å². The van der Waals surface area contributed by atoms with Crippen molar-refractivity contribution < 1.29 is 4.79 Å². The molecule has 4 heteroatoms. The first-order chi connectivity index (χ1) is 13.8. The zero-order valence-electron chi connectivity index (χ0n) is 16.7. The van der Waals surface area contributed by atoms with Crippen LogP contribution in [0.3, 0.4) is 0 Å². The third-order valence-electron chi connectivity index (χ3n) is 6.19. The summed E-state index contributed by atoms with van der Waals surface area (Å²) in [4.78, 5) is 22.0. The maximum atomic E-state index is 13.0. The van der Waals surface area contributed by atoms with Crippen LogP contribution in [0.15, 0.2) is 48.7 Å². The van der Waals surface area contributed by atoms with E-state index in [9.17, 15) is 4.79 Å². The van der Waals surface area contributed by atoms with E-state index >= 15 is 0 Å². The number of carbonyl (C=O) groups excluding carboxylic acids is 1. The van der Waals surface area contributed by atoms with Gasteiger partial charge < -0.3 is 9.80 Å². The standard InChI is InChI=1S/C24H31N3O/c28-24(22-10-13-25-23(19-22)26-14-6-1-2-7-15-26)27-16-11-21(12-17-27)18-20-8-4-3-5-9-20/h3-5,8-10,13,19,21H,1-2,6-7,11-12,14-18H2. The number of likely N-dealkylation sites (tertiary alicyclic amines) is 1. The summed E-state index contributed by atoms with van der Waals surface area (Å²) in [6.45, 7) is 3.82. The Balaban J connectivity index is 1.35. The number of anilines is 1. The molecule has 0 spiro atoms. The van der Waals surface area contributed by atoms with Crippen LogP contribution in [0.2, 0.25) is 0 Å². The quantitative estimate of drug-likeness (QED) is 0.784. The molecular formula is C24H31N3O. The largest absolute Gasteiger partial charge is 0.357 e. The lowest BCUT2D eigenvalue weighted by Gasteiger charge is -2.32. The van der Waals surface area contributed by atoms with Crippen molar-refractivity contribution in [2.45, 2.75) is 44.9 Å². The summed E-state index contributed by atoms with van der Waals surface area (Å²) in [5.41, 5.74) is 2.19. The van der Waals surface area contributed by atoms with Crippen LogP contribution in [0.25, 0.3) is 0 Å². The van der Waals surface area contributed by atoms with E-state index in [2.05, 4.69) is 40.2 Å². The fourth-order valence-corrected chi connectivity index (χ4v) is 4.49. The van der Waals surface area contributed by atoms with Gasteiger partial charge in [0.2, 0.25) is 0 Å². The van der Waals surface area contributed by atoms with Crippen LogP contribution in [-0.2, 0) is 6.42 Å². The van der Waals surface area contributed by atoms with Crippen molar-refractivity contribution in [3.05, 3.63) is 59.8 Å². The van der Waals surface area contributed by atoms with E-state index in [0.717, 1.165) is 56.8 Å². The molecule has 0 saturated carbocycles. The molecule has 2 aliphatic rings. The van der Waals surface area contributed by atoms with E-state index in [1.54, 1.807) is 6.20 Å². The van der Waals surface area contributed by atoms with Crippen molar-refractivity contribution in [1.29, 1.82) is 0 Å². The molecule has 0 radical (unpaired) electrons. The first-order valence-corrected chi connectivity index (χ1v) is 10.8. The van der Waals surface area contributed by atoms with Crippen molar-refractivity contribution in [2.75, 3.05) is 31.1 Å². The van der Waals surface area contributed by atoms with Crippen molar-refractivity contribution >= 4 is 11.7 Å². The molecule has 1 aromatic heterocycles. The number of benzene rings is 1. The summed E-state index contributed by atoms with van der Waals surface area (Å²) in [7, 11) is 0. The molecule has 148 valence electrons. The molecule has 4 rings (SSSR count). The van der Waals surface area contributed by atoms with Gasteiger partial charge >= 0.3 is 0 Å². The highest BCUT2D eigenvalue weighted by Crippen LogP contribution is 2.24. The van der Waals surface area contributed by atoms with Gasteiger partial charge in [-0.2, -0.15) is 0 Å². The van der Waals surface area contributed by atoms with E-state index in [-0.39, 0.29) is 5.91 Å². The van der Waals surface area contributed by atoms with Crippen LogP contribution in [0, 0.1) is 5.92 Å². The van der Waals surface area contributed by atoms with Crippen LogP contribution in [0.1, 0.15) is 54.4 Å². The van der Waals surface area contributed by atoms with Crippen molar-refractivity contribution in [2.24, 2.45) is 5.92 Å². The fraction of sp³-hybridized carbons (Fsp3) is 0.500. The summed E-state index contributed by atoms with van der Waals surface area (Å²) in [5, 5.41) is 0. The van der Waals surface area contributed by atoms with Crippen LogP contribution >= 0.6 is 0 Å². The third kappa shape index (κ3) is 4.73. The highest BCUT2D eigenvalue weighted by atomic mass is 16.2. The zero-order chi connectivity index (χ0) is 19.2. The van der Waals surface area contributed by atoms with Gasteiger partial charge in [0.1, 0.15) is 5.82 Å². The summed E-state index contributed by atoms with van der Waals surface area (Å²) in [6.07, 6.45) is 10.1. The van der Waals surface area contributed by atoms with Gasteiger partial charge in [-0.1, -0.05) is 43.2 Å². The molecule has 28 heavy (non-hydrogen) atoms. The van der Waals surface area contributed by atoms with Gasteiger partial charge in [-0.05, 0) is 55.7 Å². The topological polar surface area (TPSA) is 36.4 Å². The minimum atomic E-state index is 0.164. The number of rotatable bonds is 4. The van der Waals surface area contributed by atoms with Crippen molar-refractivity contribution in [3.8, 4) is 0 Å². The molecule has 2 aliphatic heterocycles. The molecular weight excluding hydrogens is 346 g/mol. The molecule has 0 N–H and O–H groups in total. The number of hydrogen-bond donors (Lipinski definition) is 0. The summed E-state index contributed by atoms with van der Waals surface area (Å²) in [6, 6.07) is 14.6. The summed E-state index contributed by atoms with van der Waals surface area (Å²) >= 11 is 0. The minimum Gasteiger partial charge on any atom is -0.357 e. The Morgan fingerprint density at radius 1 is 0.929 bits per heavy atom. The van der Waals surface area contributed by atoms with Crippen LogP contribution < -0.4 is 4.90 Å². The zero-order valence-corrected chi connectivity index (χ0v) is 16.7. The van der Waals surface area contributed by atoms with Gasteiger partial charge in [0, 0.05) is 37.9 Å². The van der Waals surface area contributed by atoms with E-state index < -0.39 is 0 Å². The SMILES string of the molecule is O=C(c1ccnc(N2CCCCCC2)c1)N1CCC(Cc2ccccc2)CC1. The average Bonchev–Trinajstić information content (AvgIpc) is 3.04. The predicted octanol–water partition coefficient (Wildman–Crippen LogP) is 4.56. The molecule has 0 unspecified atom stereocenters. The Labute approximate surface area is 168 Å². The first-order valence-electron chi connectivity index (χ1n) is 10.8. The van der Waals surface area contributed by atoms with Gasteiger partial charge in [-0.25, -0.2) is 4.98 Å². The van der Waals surface area contributed by atoms with Crippen LogP contribution in [-0.4, -0.2) is 42.0 Å². The van der Waals surface area contributed by atoms with Gasteiger partial charge in [-0.3, -0.25) is 4.79 Å². The smallest absolute Gasteiger partial charge is 0.254 e. The molecule has 2 fully saturated rings. The van der Waals surface area contributed by atoms with Crippen molar-refractivity contribution in [3.63, 3.8) is 0 Å². The normalized spacial score (nSPS) is 18.7. The molecule has 3 heterocycles. The van der Waals surface area contributed by atoms with Gasteiger partial charge in [-0.15, -0.1) is 0 Å². The number of aromatic nitrogens is 1. The number of pyridine rings is 1. The first kappa shape index (κ1) is 19.0. The Hall–Kier alpha value is -2.36. The third-order valence-corrected chi connectivity index (χ3v) is 6.19. The molecule has 2 saturated heterocycles. The maximum absolute atomic E-state index is 13.0. The second-order valence-corrected chi connectivity index (χ2v) is 8.23. The summed E-state index contributed by atoms with van der Waals surface area (Å²) < 4.78 is 0. The number of piperidine rings is 1. The predicted molar refractivity (Wildman–Crippen MR) is 114 cm³/mol. The average molecular weight is 378 g/mol. The second-order valence-electron chi connectivity index (χ2n) is 8.23. The Morgan fingerprint density at radius 3 is 2.36 bits per heavy atom. The van der Waals surface area contributed by atoms with Gasteiger partial charge in [0.15, 0.2) is 0 Å². The van der Waals surface area contributed by atoms with E-state index in [0.29, 0.717) is 5.92 Å². The van der Waals surface area contributed by atoms with E-state index in [4.69, 9.17) is 0 Å². The Kier molecular flexibility index (Phi) is 6.25. The molecule has 2 aromatic rings. The monoisotopic (exact) mass is 377 g/mol. The van der Waals surface area contributed by atoms with Gasteiger partial charge in [0.25, 0.3) is 5.91 Å². The number of carbonyl (C=O) groups is 1. The lowest BCUT2D eigenvalue weighted by atomic mass is 9.90. The van der Waals surface area contributed by atoms with Crippen molar-refractivity contribution in [1.82, 2.24) is 9.88 Å². The Morgan fingerprint density at radius 2 is 1.64 bits per heavy atom. The molecule has 0 atom stereocenters. The Bertz CT molecular complexity index is 760. The van der Waals surface area contributed by atoms with E-state index in [1.165, 1.54) is 31.2 Å². The molecule has 4 nitrogen and oxygen atoms in total. The molecule has 0 aliphatic carbocycles. The fourth-order valence-electron chi connectivity index (χ4n) is 4.49. The maximum Gasteiger partial charge on any atom is 0.254 e. The summed E-state index contributed by atoms with van der Waals surface area (Å²) in [5.74, 6) is 1.81.